The Kier molecular flexibility index (Phi) is 21.1. The molecule has 0 aliphatic heterocycles. The minimum Gasteiger partial charge on any atom is -0.480 e. The summed E-state index contributed by atoms with van der Waals surface area (Å²) in [5, 5.41) is 19.1. The Balaban J connectivity index is 5.89. The molecule has 0 aromatic heterocycles. The average molecular weight is 693 g/mol. The van der Waals surface area contributed by atoms with Gasteiger partial charge in [0.05, 0.1) is 6.04 Å². The first kappa shape index (κ1) is 41.8. The molecule has 20 nitrogen and oxygen atoms in total. The fourth-order valence-corrected chi connectivity index (χ4v) is 4.18. The van der Waals surface area contributed by atoms with E-state index in [9.17, 15) is 29.1 Å². The number of nitrogens with two attached hydrogens (primary N) is 7. The SMILES string of the molecule is NC(N)=NCCC[C@H](NC(=O)[C@H](CCCN=C(N)N)NC(=O)[C@@H](N)CCCN=C(N)N)C(=O)N[C@@H](CS)C(=O)N[C@@H](CS)C(=O)O. The van der Waals surface area contributed by atoms with Crippen molar-refractivity contribution in [1.29, 1.82) is 0 Å². The summed E-state index contributed by atoms with van der Waals surface area (Å²) in [5.41, 5.74) is 38.1. The van der Waals surface area contributed by atoms with Crippen molar-refractivity contribution in [3.8, 4) is 0 Å². The minimum atomic E-state index is -1.32. The van der Waals surface area contributed by atoms with Crippen molar-refractivity contribution in [2.24, 2.45) is 55.1 Å². The number of aliphatic carboxylic acids is 1. The van der Waals surface area contributed by atoms with Crippen molar-refractivity contribution in [3.05, 3.63) is 0 Å². The maximum Gasteiger partial charge on any atom is 0.327 e. The average Bonchev–Trinajstić information content (AvgIpc) is 2.98. The summed E-state index contributed by atoms with van der Waals surface area (Å²) in [5.74, 6) is -5.13. The lowest BCUT2D eigenvalue weighted by Gasteiger charge is -2.26. The second-order valence-corrected chi connectivity index (χ2v) is 10.6. The molecule has 0 spiro atoms. The highest BCUT2D eigenvalue weighted by molar-refractivity contribution is 7.80. The Morgan fingerprint density at radius 1 is 0.543 bits per heavy atom. The lowest BCUT2D eigenvalue weighted by Crippen LogP contribution is -2.59. The van der Waals surface area contributed by atoms with Crippen LogP contribution in [0.5, 0.6) is 0 Å². The molecule has 0 radical (unpaired) electrons. The summed E-state index contributed by atoms with van der Waals surface area (Å²) in [6.07, 6.45) is 1.20. The van der Waals surface area contributed by atoms with Gasteiger partial charge in [0, 0.05) is 31.1 Å². The van der Waals surface area contributed by atoms with Crippen LogP contribution in [0.15, 0.2) is 15.0 Å². The van der Waals surface area contributed by atoms with Crippen LogP contribution in [0.3, 0.4) is 0 Å². The standard InChI is InChI=1S/C24H48N14O6S2/c25-12(4-1-7-32-22(26)27)17(39)35-13(5-2-8-33-23(28)29)18(40)36-14(6-3-9-34-24(30)31)19(41)37-15(10-45)20(42)38-16(11-46)21(43)44/h12-16,45-46H,1-11,25H2,(H,35,39)(H,36,40)(H,37,41)(H,38,42)(H,43,44)(H4,26,27,32)(H4,28,29,33)(H4,30,31,34)/t12-,13-,14-,15-,16-/m0/s1. The van der Waals surface area contributed by atoms with Crippen LogP contribution in [0.25, 0.3) is 0 Å². The highest BCUT2D eigenvalue weighted by Crippen LogP contribution is 2.06. The molecule has 0 fully saturated rings. The Hall–Kier alpha value is -4.18. The molecule has 5 atom stereocenters. The van der Waals surface area contributed by atoms with Gasteiger partial charge in [0.1, 0.15) is 24.2 Å². The summed E-state index contributed by atoms with van der Waals surface area (Å²) in [4.78, 5) is 75.2. The van der Waals surface area contributed by atoms with Gasteiger partial charge in [-0.25, -0.2) is 4.79 Å². The summed E-state index contributed by atoms with van der Waals surface area (Å²) in [6.45, 7) is 0.519. The molecule has 0 unspecified atom stereocenters. The summed E-state index contributed by atoms with van der Waals surface area (Å²) in [6, 6.07) is -5.97. The first-order valence-electron chi connectivity index (χ1n) is 14.2. The van der Waals surface area contributed by atoms with Gasteiger partial charge in [-0.15, -0.1) is 0 Å². The van der Waals surface area contributed by atoms with E-state index in [1.54, 1.807) is 0 Å². The number of carbonyl (C=O) groups excluding carboxylic acids is 4. The van der Waals surface area contributed by atoms with Crippen molar-refractivity contribution in [2.45, 2.75) is 68.7 Å². The summed E-state index contributed by atoms with van der Waals surface area (Å²) in [7, 11) is 0. The zero-order valence-corrected chi connectivity index (χ0v) is 27.2. The number of guanidine groups is 3. The Bertz CT molecular complexity index is 1100. The van der Waals surface area contributed by atoms with Crippen LogP contribution in [-0.2, 0) is 24.0 Å². The third kappa shape index (κ3) is 18.6. The molecule has 0 rings (SSSR count). The van der Waals surface area contributed by atoms with E-state index in [4.69, 9.17) is 40.1 Å². The Morgan fingerprint density at radius 3 is 1.24 bits per heavy atom. The van der Waals surface area contributed by atoms with Crippen LogP contribution in [-0.4, -0.2) is 114 Å². The number of rotatable bonds is 23. The molecular formula is C24H48N14O6S2. The highest BCUT2D eigenvalue weighted by Gasteiger charge is 2.31. The van der Waals surface area contributed by atoms with Gasteiger partial charge < -0.3 is 66.5 Å². The van der Waals surface area contributed by atoms with E-state index >= 15 is 0 Å². The number of aliphatic imine (C=N–C) groups is 3. The van der Waals surface area contributed by atoms with Crippen LogP contribution in [0.2, 0.25) is 0 Å². The van der Waals surface area contributed by atoms with Gasteiger partial charge in [-0.3, -0.25) is 34.2 Å². The number of thiol groups is 2. The third-order valence-corrected chi connectivity index (χ3v) is 6.80. The fourth-order valence-electron chi connectivity index (χ4n) is 3.67. The van der Waals surface area contributed by atoms with Gasteiger partial charge in [0.15, 0.2) is 17.9 Å². The molecule has 0 aromatic carbocycles. The number of hydrogen-bond acceptors (Lipinski definition) is 11. The molecule has 19 N–H and O–H groups in total. The van der Waals surface area contributed by atoms with Crippen LogP contribution >= 0.6 is 25.3 Å². The third-order valence-electron chi connectivity index (χ3n) is 6.07. The summed E-state index contributed by atoms with van der Waals surface area (Å²) < 4.78 is 0. The minimum absolute atomic E-state index is 0.0165. The van der Waals surface area contributed by atoms with Crippen molar-refractivity contribution >= 4 is 72.7 Å². The largest absolute Gasteiger partial charge is 0.480 e. The Morgan fingerprint density at radius 2 is 0.870 bits per heavy atom. The van der Waals surface area contributed by atoms with Gasteiger partial charge in [-0.2, -0.15) is 25.3 Å². The monoisotopic (exact) mass is 692 g/mol. The molecule has 22 heteroatoms. The van der Waals surface area contributed by atoms with E-state index in [0.717, 1.165) is 0 Å². The predicted octanol–water partition coefficient (Wildman–Crippen LogP) is -5.64. The maximum absolute atomic E-state index is 13.5. The zero-order valence-electron chi connectivity index (χ0n) is 25.4. The predicted molar refractivity (Wildman–Crippen MR) is 181 cm³/mol. The van der Waals surface area contributed by atoms with E-state index in [0.29, 0.717) is 6.42 Å². The van der Waals surface area contributed by atoms with E-state index in [1.807, 2.05) is 0 Å². The van der Waals surface area contributed by atoms with Crippen molar-refractivity contribution in [2.75, 3.05) is 31.1 Å². The number of carboxylic acids is 1. The van der Waals surface area contributed by atoms with Gasteiger partial charge >= 0.3 is 5.97 Å². The van der Waals surface area contributed by atoms with E-state index in [-0.39, 0.29) is 81.1 Å². The highest BCUT2D eigenvalue weighted by atomic mass is 32.1. The quantitative estimate of drug-likeness (QED) is 0.0206. The van der Waals surface area contributed by atoms with Crippen LogP contribution < -0.4 is 61.4 Å². The van der Waals surface area contributed by atoms with Gasteiger partial charge in [0.25, 0.3) is 0 Å². The van der Waals surface area contributed by atoms with E-state index in [1.165, 1.54) is 0 Å². The number of nitrogens with zero attached hydrogens (tertiary/aromatic N) is 3. The molecule has 0 bridgehead atoms. The molecule has 4 amide bonds. The van der Waals surface area contributed by atoms with Gasteiger partial charge in [-0.05, 0) is 38.5 Å². The molecular weight excluding hydrogens is 644 g/mol. The first-order valence-corrected chi connectivity index (χ1v) is 15.5. The second-order valence-electron chi connectivity index (χ2n) is 9.90. The molecule has 0 saturated heterocycles. The normalized spacial score (nSPS) is 13.8. The number of amides is 4. The number of hydrogen-bond donors (Lipinski definition) is 14. The van der Waals surface area contributed by atoms with Crippen LogP contribution in [0, 0.1) is 0 Å². The molecule has 0 saturated carbocycles. The fraction of sp³-hybridized carbons (Fsp3) is 0.667. The lowest BCUT2D eigenvalue weighted by molar-refractivity contribution is -0.141. The number of carbonyl (C=O) groups is 5. The second kappa shape index (κ2) is 23.2. The lowest BCUT2D eigenvalue weighted by atomic mass is 10.1. The van der Waals surface area contributed by atoms with Crippen molar-refractivity contribution in [3.63, 3.8) is 0 Å². The molecule has 0 aliphatic carbocycles. The molecule has 0 heterocycles. The first-order chi connectivity index (χ1) is 21.6. The number of carboxylic acid groups (broad SMARTS) is 1. The summed E-state index contributed by atoms with van der Waals surface area (Å²) >= 11 is 7.99. The van der Waals surface area contributed by atoms with Crippen molar-refractivity contribution < 1.29 is 29.1 Å². The Labute approximate surface area is 277 Å². The van der Waals surface area contributed by atoms with Crippen molar-refractivity contribution in [1.82, 2.24) is 21.3 Å². The zero-order chi connectivity index (χ0) is 35.2. The van der Waals surface area contributed by atoms with Gasteiger partial charge in [0.2, 0.25) is 23.6 Å². The van der Waals surface area contributed by atoms with Crippen LogP contribution in [0.1, 0.15) is 38.5 Å². The topological polar surface area (TPSA) is 373 Å². The molecule has 262 valence electrons. The van der Waals surface area contributed by atoms with E-state index < -0.39 is 59.8 Å². The molecule has 0 aliphatic rings. The smallest absolute Gasteiger partial charge is 0.327 e. The number of nitrogens with one attached hydrogen (secondary N) is 4. The van der Waals surface area contributed by atoms with E-state index in [2.05, 4.69) is 61.5 Å². The molecule has 0 aromatic rings. The maximum atomic E-state index is 13.5. The molecule has 46 heavy (non-hydrogen) atoms. The van der Waals surface area contributed by atoms with Gasteiger partial charge in [-0.1, -0.05) is 0 Å². The van der Waals surface area contributed by atoms with Crippen LogP contribution in [0.4, 0.5) is 0 Å².